The molecule has 0 atom stereocenters. The number of carboxylic acid groups (broad SMARTS) is 1. The number of amides is 2. The fourth-order valence-electron chi connectivity index (χ4n) is 2.89. The summed E-state index contributed by atoms with van der Waals surface area (Å²) in [6.45, 7) is 1.94. The maximum Gasteiger partial charge on any atom is 0.310 e. The van der Waals surface area contributed by atoms with Gasteiger partial charge in [0.2, 0.25) is 11.8 Å². The van der Waals surface area contributed by atoms with E-state index in [9.17, 15) is 19.5 Å². The topological polar surface area (TPSA) is 87.2 Å². The van der Waals surface area contributed by atoms with Crippen molar-refractivity contribution >= 4 is 17.8 Å². The van der Waals surface area contributed by atoms with Gasteiger partial charge >= 0.3 is 5.97 Å². The van der Waals surface area contributed by atoms with Gasteiger partial charge in [-0.05, 0) is 12.8 Å². The van der Waals surface area contributed by atoms with Crippen LogP contribution in [0.2, 0.25) is 0 Å². The zero-order valence-electron chi connectivity index (χ0n) is 12.3. The van der Waals surface area contributed by atoms with Crippen molar-refractivity contribution < 1.29 is 24.2 Å². The Balaban J connectivity index is 1.83. The fourth-order valence-corrected chi connectivity index (χ4v) is 2.89. The summed E-state index contributed by atoms with van der Waals surface area (Å²) in [6.07, 6.45) is 2.12. The molecule has 7 nitrogen and oxygen atoms in total. The number of hydrogen-bond donors (Lipinski definition) is 1. The molecular weight excluding hydrogens is 276 g/mol. The molecule has 1 saturated carbocycles. The van der Waals surface area contributed by atoms with Crippen LogP contribution in [0.5, 0.6) is 0 Å². The lowest BCUT2D eigenvalue weighted by atomic mass is 9.66. The van der Waals surface area contributed by atoms with Crippen LogP contribution in [0.15, 0.2) is 0 Å². The SMILES string of the molecule is COCC(=O)N1CCN(C(=O)CC2(C(=O)O)CCC2)CC1. The highest BCUT2D eigenvalue weighted by Crippen LogP contribution is 2.44. The molecule has 0 unspecified atom stereocenters. The third-order valence-electron chi connectivity index (χ3n) is 4.51. The normalized spacial score (nSPS) is 20.8. The molecule has 0 radical (unpaired) electrons. The molecule has 1 saturated heterocycles. The van der Waals surface area contributed by atoms with Gasteiger partial charge < -0.3 is 19.6 Å². The smallest absolute Gasteiger partial charge is 0.310 e. The molecule has 2 rings (SSSR count). The minimum atomic E-state index is -0.865. The predicted octanol–water partition coefficient (Wildman–Crippen LogP) is -0.0514. The molecule has 0 spiro atoms. The number of piperazine rings is 1. The Bertz CT molecular complexity index is 425. The van der Waals surface area contributed by atoms with Crippen LogP contribution in [0.1, 0.15) is 25.7 Å². The van der Waals surface area contributed by atoms with Crippen molar-refractivity contribution in [3.05, 3.63) is 0 Å². The summed E-state index contributed by atoms with van der Waals surface area (Å²) in [5.41, 5.74) is -0.847. The summed E-state index contributed by atoms with van der Waals surface area (Å²) in [5, 5.41) is 9.27. The van der Waals surface area contributed by atoms with E-state index in [4.69, 9.17) is 4.74 Å². The van der Waals surface area contributed by atoms with Gasteiger partial charge in [-0.2, -0.15) is 0 Å². The van der Waals surface area contributed by atoms with Gasteiger partial charge in [0.25, 0.3) is 0 Å². The molecule has 0 aromatic heterocycles. The van der Waals surface area contributed by atoms with Gasteiger partial charge in [-0.3, -0.25) is 14.4 Å². The average Bonchev–Trinajstić information content (AvgIpc) is 2.42. The summed E-state index contributed by atoms with van der Waals surface area (Å²) >= 11 is 0. The number of rotatable bonds is 5. The Morgan fingerprint density at radius 3 is 1.95 bits per heavy atom. The van der Waals surface area contributed by atoms with Crippen LogP contribution in [-0.4, -0.2) is 72.6 Å². The first-order chi connectivity index (χ1) is 9.98. The summed E-state index contributed by atoms with van der Waals surface area (Å²) in [6, 6.07) is 0. The lowest BCUT2D eigenvalue weighted by Gasteiger charge is -2.40. The van der Waals surface area contributed by atoms with Crippen molar-refractivity contribution in [2.45, 2.75) is 25.7 Å². The van der Waals surface area contributed by atoms with Gasteiger partial charge in [-0.15, -0.1) is 0 Å². The summed E-state index contributed by atoms with van der Waals surface area (Å²) < 4.78 is 4.81. The van der Waals surface area contributed by atoms with Crippen molar-refractivity contribution in [1.82, 2.24) is 9.80 Å². The third kappa shape index (κ3) is 3.34. The van der Waals surface area contributed by atoms with Crippen LogP contribution in [0.25, 0.3) is 0 Å². The van der Waals surface area contributed by atoms with Crippen molar-refractivity contribution in [3.8, 4) is 0 Å². The predicted molar refractivity (Wildman–Crippen MR) is 73.6 cm³/mol. The quantitative estimate of drug-likeness (QED) is 0.769. The monoisotopic (exact) mass is 298 g/mol. The second-order valence-electron chi connectivity index (χ2n) is 5.81. The Kier molecular flexibility index (Phi) is 4.82. The molecule has 2 fully saturated rings. The van der Waals surface area contributed by atoms with Gasteiger partial charge in [0.1, 0.15) is 6.61 Å². The van der Waals surface area contributed by atoms with Crippen molar-refractivity contribution in [2.75, 3.05) is 39.9 Å². The van der Waals surface area contributed by atoms with Gasteiger partial charge in [0.05, 0.1) is 5.41 Å². The molecule has 2 aliphatic rings. The van der Waals surface area contributed by atoms with Crippen molar-refractivity contribution in [3.63, 3.8) is 0 Å². The molecular formula is C14H22N2O5. The van der Waals surface area contributed by atoms with Crippen molar-refractivity contribution in [1.29, 1.82) is 0 Å². The van der Waals surface area contributed by atoms with Gasteiger partial charge in [0.15, 0.2) is 0 Å². The molecule has 7 heteroatoms. The van der Waals surface area contributed by atoms with Crippen LogP contribution >= 0.6 is 0 Å². The first kappa shape index (κ1) is 15.8. The standard InChI is InChI=1S/C14H22N2O5/c1-21-10-12(18)16-7-5-15(6-8-16)11(17)9-14(13(19)20)3-2-4-14/h2-10H2,1H3,(H,19,20). The van der Waals surface area contributed by atoms with Gasteiger partial charge in [0, 0.05) is 39.7 Å². The van der Waals surface area contributed by atoms with Gasteiger partial charge in [-0.1, -0.05) is 6.42 Å². The van der Waals surface area contributed by atoms with E-state index in [0.29, 0.717) is 39.0 Å². The highest BCUT2D eigenvalue weighted by atomic mass is 16.5. The van der Waals surface area contributed by atoms with E-state index in [1.54, 1.807) is 9.80 Å². The molecule has 0 aromatic rings. The van der Waals surface area contributed by atoms with E-state index in [-0.39, 0.29) is 24.8 Å². The zero-order valence-corrected chi connectivity index (χ0v) is 12.3. The number of ether oxygens (including phenoxy) is 1. The van der Waals surface area contributed by atoms with Crippen molar-refractivity contribution in [2.24, 2.45) is 5.41 Å². The molecule has 21 heavy (non-hydrogen) atoms. The maximum absolute atomic E-state index is 12.2. The van der Waals surface area contributed by atoms with Crippen LogP contribution < -0.4 is 0 Å². The Morgan fingerprint density at radius 2 is 1.57 bits per heavy atom. The van der Waals surface area contributed by atoms with E-state index < -0.39 is 11.4 Å². The number of hydrogen-bond acceptors (Lipinski definition) is 4. The largest absolute Gasteiger partial charge is 0.481 e. The van der Waals surface area contributed by atoms with E-state index in [1.165, 1.54) is 7.11 Å². The highest BCUT2D eigenvalue weighted by Gasteiger charge is 2.46. The minimum absolute atomic E-state index is 0.0517. The molecule has 0 aromatic carbocycles. The molecule has 0 bridgehead atoms. The van der Waals surface area contributed by atoms with Gasteiger partial charge in [-0.25, -0.2) is 0 Å². The molecule has 1 heterocycles. The summed E-state index contributed by atoms with van der Waals surface area (Å²) in [4.78, 5) is 38.5. The van der Waals surface area contributed by atoms with E-state index in [2.05, 4.69) is 0 Å². The number of aliphatic carboxylic acids is 1. The Hall–Kier alpha value is -1.63. The second kappa shape index (κ2) is 6.43. The lowest BCUT2D eigenvalue weighted by Crippen LogP contribution is -2.53. The zero-order chi connectivity index (χ0) is 15.5. The fraction of sp³-hybridized carbons (Fsp3) is 0.786. The Morgan fingerprint density at radius 1 is 1.05 bits per heavy atom. The molecule has 2 amide bonds. The maximum atomic E-state index is 12.2. The number of methoxy groups -OCH3 is 1. The summed E-state index contributed by atoms with van der Waals surface area (Å²) in [7, 11) is 1.47. The van der Waals surface area contributed by atoms with E-state index in [1.807, 2.05) is 0 Å². The number of carboxylic acids is 1. The number of carbonyl (C=O) groups excluding carboxylic acids is 2. The van der Waals surface area contributed by atoms with E-state index >= 15 is 0 Å². The van der Waals surface area contributed by atoms with Crippen LogP contribution in [0, 0.1) is 5.41 Å². The lowest BCUT2D eigenvalue weighted by molar-refractivity contribution is -0.160. The first-order valence-electron chi connectivity index (χ1n) is 7.26. The van der Waals surface area contributed by atoms with E-state index in [0.717, 1.165) is 6.42 Å². The van der Waals surface area contributed by atoms with Crippen LogP contribution in [0.4, 0.5) is 0 Å². The number of carbonyl (C=O) groups is 3. The second-order valence-corrected chi connectivity index (χ2v) is 5.81. The average molecular weight is 298 g/mol. The molecule has 118 valence electrons. The Labute approximate surface area is 123 Å². The first-order valence-corrected chi connectivity index (χ1v) is 7.26. The minimum Gasteiger partial charge on any atom is -0.481 e. The number of nitrogens with zero attached hydrogens (tertiary/aromatic N) is 2. The highest BCUT2D eigenvalue weighted by molar-refractivity contribution is 5.86. The summed E-state index contributed by atoms with van der Waals surface area (Å²) in [5.74, 6) is -1.06. The van der Waals surface area contributed by atoms with Crippen LogP contribution in [0.3, 0.4) is 0 Å². The molecule has 1 aliphatic carbocycles. The van der Waals surface area contributed by atoms with Crippen LogP contribution in [-0.2, 0) is 19.1 Å². The molecule has 1 aliphatic heterocycles. The third-order valence-corrected chi connectivity index (χ3v) is 4.51. The molecule has 1 N–H and O–H groups in total.